The van der Waals surface area contributed by atoms with Crippen LogP contribution in [0.1, 0.15) is 23.1 Å². The first kappa shape index (κ1) is 19.7. The highest BCUT2D eigenvalue weighted by molar-refractivity contribution is 6.34. The van der Waals surface area contributed by atoms with E-state index < -0.39 is 23.8 Å². The van der Waals surface area contributed by atoms with Gasteiger partial charge in [0, 0.05) is 35.3 Å². The van der Waals surface area contributed by atoms with Crippen molar-refractivity contribution < 1.29 is 17.6 Å². The minimum Gasteiger partial charge on any atom is -0.310 e. The third kappa shape index (κ3) is 3.21. The second-order valence-corrected chi connectivity index (χ2v) is 8.20. The summed E-state index contributed by atoms with van der Waals surface area (Å²) >= 11 is 11.9. The van der Waals surface area contributed by atoms with E-state index in [1.807, 2.05) is 0 Å². The first-order chi connectivity index (χ1) is 13.1. The van der Waals surface area contributed by atoms with Crippen LogP contribution in [-0.2, 0) is 11.1 Å². The lowest BCUT2D eigenvalue weighted by atomic mass is 9.76. The number of nitrogens with one attached hydrogen (secondary N) is 1. The molecule has 2 aliphatic rings. The van der Waals surface area contributed by atoms with E-state index >= 15 is 0 Å². The lowest BCUT2D eigenvalue weighted by molar-refractivity contribution is -0.183. The summed E-state index contributed by atoms with van der Waals surface area (Å²) in [7, 11) is 0. The summed E-state index contributed by atoms with van der Waals surface area (Å²) in [6, 6.07) is 10.5. The van der Waals surface area contributed by atoms with Crippen molar-refractivity contribution in [2.24, 2.45) is 4.99 Å². The third-order valence-electron chi connectivity index (χ3n) is 5.51. The molecule has 1 unspecified atom stereocenters. The van der Waals surface area contributed by atoms with Crippen molar-refractivity contribution in [2.45, 2.75) is 23.7 Å². The van der Waals surface area contributed by atoms with Crippen LogP contribution in [0, 0.1) is 0 Å². The van der Waals surface area contributed by atoms with Gasteiger partial charge in [-0.2, -0.15) is 13.2 Å². The van der Waals surface area contributed by atoms with Gasteiger partial charge in [0.15, 0.2) is 5.67 Å². The number of halogens is 6. The van der Waals surface area contributed by atoms with Crippen LogP contribution in [0.5, 0.6) is 0 Å². The Morgan fingerprint density at radius 3 is 2.04 bits per heavy atom. The zero-order chi connectivity index (χ0) is 20.2. The molecule has 1 fully saturated rings. The van der Waals surface area contributed by atoms with Crippen molar-refractivity contribution in [3.05, 3.63) is 69.2 Å². The van der Waals surface area contributed by atoms with E-state index in [1.165, 1.54) is 18.2 Å². The highest BCUT2D eigenvalue weighted by Gasteiger charge is 2.58. The number of hydrogen-bond acceptors (Lipinski definition) is 2. The van der Waals surface area contributed by atoms with E-state index in [1.54, 1.807) is 24.3 Å². The predicted molar refractivity (Wildman–Crippen MR) is 102 cm³/mol. The zero-order valence-electron chi connectivity index (χ0n) is 14.6. The minimum absolute atomic E-state index is 0.00359. The Balaban J connectivity index is 1.65. The van der Waals surface area contributed by atoms with E-state index in [0.29, 0.717) is 16.8 Å². The molecule has 2 nitrogen and oxygen atoms in total. The average Bonchev–Trinajstić information content (AvgIpc) is 3.06. The molecule has 148 valence electrons. The van der Waals surface area contributed by atoms with Crippen LogP contribution in [0.3, 0.4) is 0 Å². The summed E-state index contributed by atoms with van der Waals surface area (Å²) in [5.41, 5.74) is -2.20. The Labute approximate surface area is 169 Å². The molecule has 0 radical (unpaired) electrons. The van der Waals surface area contributed by atoms with Crippen LogP contribution >= 0.6 is 23.2 Å². The standard InChI is InChI=1S/C20H16Cl2F4N2/c21-15-5-14(6-16(22)7-15)18(20(24,25)26)8-17(28-9-18)12-1-3-13(4-2-12)19(23)10-27-11-19/h1-7,27H,8-11H2. The second kappa shape index (κ2) is 6.71. The molecule has 4 rings (SSSR count). The number of aliphatic imine (C=N–C) groups is 1. The average molecular weight is 431 g/mol. The molecule has 2 aromatic carbocycles. The van der Waals surface area contributed by atoms with Gasteiger partial charge in [0.25, 0.3) is 0 Å². The Hall–Kier alpha value is -1.63. The van der Waals surface area contributed by atoms with E-state index in [-0.39, 0.29) is 35.1 Å². The molecule has 1 saturated heterocycles. The summed E-state index contributed by atoms with van der Waals surface area (Å²) in [6.45, 7) is 0.0290. The lowest BCUT2D eigenvalue weighted by Gasteiger charge is -2.35. The molecule has 0 spiro atoms. The number of hydrogen-bond donors (Lipinski definition) is 1. The van der Waals surface area contributed by atoms with Crippen molar-refractivity contribution in [3.8, 4) is 0 Å². The monoisotopic (exact) mass is 430 g/mol. The molecule has 28 heavy (non-hydrogen) atoms. The maximum absolute atomic E-state index is 14.5. The Morgan fingerprint density at radius 2 is 1.54 bits per heavy atom. The Kier molecular flexibility index (Phi) is 4.72. The number of benzene rings is 2. The SMILES string of the molecule is FC1(c2ccc(C3=NCC(c4cc(Cl)cc(Cl)c4)(C(F)(F)F)C3)cc2)CNC1. The third-order valence-corrected chi connectivity index (χ3v) is 5.95. The van der Waals surface area contributed by atoms with Gasteiger partial charge in [-0.3, -0.25) is 4.99 Å². The maximum atomic E-state index is 14.5. The molecule has 0 aliphatic carbocycles. The van der Waals surface area contributed by atoms with E-state index in [9.17, 15) is 17.6 Å². The number of alkyl halides is 4. The fraction of sp³-hybridized carbons (Fsp3) is 0.350. The van der Waals surface area contributed by atoms with Crippen LogP contribution < -0.4 is 5.32 Å². The van der Waals surface area contributed by atoms with Gasteiger partial charge in [-0.1, -0.05) is 47.5 Å². The summed E-state index contributed by atoms with van der Waals surface area (Å²) in [5.74, 6) is 0. The molecule has 1 N–H and O–H groups in total. The van der Waals surface area contributed by atoms with Gasteiger partial charge in [-0.15, -0.1) is 0 Å². The Bertz CT molecular complexity index is 916. The summed E-state index contributed by atoms with van der Waals surface area (Å²) in [4.78, 5) is 4.19. The normalized spacial score (nSPS) is 24.0. The summed E-state index contributed by atoms with van der Waals surface area (Å²) in [6.07, 6.45) is -4.86. The van der Waals surface area contributed by atoms with Crippen molar-refractivity contribution in [1.29, 1.82) is 0 Å². The van der Waals surface area contributed by atoms with E-state index in [4.69, 9.17) is 23.2 Å². The van der Waals surface area contributed by atoms with Gasteiger partial charge in [0.1, 0.15) is 5.41 Å². The molecule has 1 atom stereocenters. The van der Waals surface area contributed by atoms with Crippen molar-refractivity contribution >= 4 is 28.9 Å². The van der Waals surface area contributed by atoms with Crippen molar-refractivity contribution in [1.82, 2.24) is 5.32 Å². The minimum atomic E-state index is -4.53. The summed E-state index contributed by atoms with van der Waals surface area (Å²) < 4.78 is 56.8. The van der Waals surface area contributed by atoms with Crippen LogP contribution in [0.2, 0.25) is 10.0 Å². The number of rotatable bonds is 3. The van der Waals surface area contributed by atoms with Crippen LogP contribution in [-0.4, -0.2) is 31.5 Å². The fourth-order valence-electron chi connectivity index (χ4n) is 3.71. The van der Waals surface area contributed by atoms with E-state index in [2.05, 4.69) is 10.3 Å². The highest BCUT2D eigenvalue weighted by Crippen LogP contribution is 2.48. The zero-order valence-corrected chi connectivity index (χ0v) is 16.1. The van der Waals surface area contributed by atoms with Crippen LogP contribution in [0.4, 0.5) is 17.6 Å². The number of nitrogens with zero attached hydrogens (tertiary/aromatic N) is 1. The quantitative estimate of drug-likeness (QED) is 0.642. The predicted octanol–water partition coefficient (Wildman–Crippen LogP) is 5.45. The van der Waals surface area contributed by atoms with Gasteiger partial charge < -0.3 is 5.32 Å². The van der Waals surface area contributed by atoms with Crippen molar-refractivity contribution in [2.75, 3.05) is 19.6 Å². The Morgan fingerprint density at radius 1 is 0.929 bits per heavy atom. The fourth-order valence-corrected chi connectivity index (χ4v) is 4.23. The molecular weight excluding hydrogens is 415 g/mol. The first-order valence-electron chi connectivity index (χ1n) is 8.70. The van der Waals surface area contributed by atoms with Gasteiger partial charge >= 0.3 is 6.18 Å². The van der Waals surface area contributed by atoms with E-state index in [0.717, 1.165) is 0 Å². The summed E-state index contributed by atoms with van der Waals surface area (Å²) in [5, 5.41) is 3.17. The van der Waals surface area contributed by atoms with Gasteiger partial charge in [0.2, 0.25) is 0 Å². The largest absolute Gasteiger partial charge is 0.400 e. The first-order valence-corrected chi connectivity index (χ1v) is 9.46. The molecule has 0 saturated carbocycles. The molecule has 2 aliphatic heterocycles. The van der Waals surface area contributed by atoms with Crippen LogP contribution in [0.15, 0.2) is 47.5 Å². The van der Waals surface area contributed by atoms with Gasteiger partial charge in [-0.05, 0) is 34.9 Å². The molecule has 2 heterocycles. The lowest BCUT2D eigenvalue weighted by Crippen LogP contribution is -2.53. The van der Waals surface area contributed by atoms with Gasteiger partial charge in [-0.25, -0.2) is 4.39 Å². The van der Waals surface area contributed by atoms with Gasteiger partial charge in [0.05, 0.1) is 6.54 Å². The molecule has 0 amide bonds. The topological polar surface area (TPSA) is 24.4 Å². The van der Waals surface area contributed by atoms with Crippen molar-refractivity contribution in [3.63, 3.8) is 0 Å². The molecule has 0 bridgehead atoms. The molecule has 2 aromatic rings. The second-order valence-electron chi connectivity index (χ2n) is 7.32. The molecule has 0 aromatic heterocycles. The van der Waals surface area contributed by atoms with Crippen LogP contribution in [0.25, 0.3) is 0 Å². The molecule has 8 heteroatoms. The molecular formula is C20H16Cl2F4N2. The maximum Gasteiger partial charge on any atom is 0.400 e. The highest BCUT2D eigenvalue weighted by atomic mass is 35.5. The smallest absolute Gasteiger partial charge is 0.310 e.